The first-order valence-corrected chi connectivity index (χ1v) is 8.63. The van der Waals surface area contributed by atoms with Gasteiger partial charge in [-0.2, -0.15) is 0 Å². The summed E-state index contributed by atoms with van der Waals surface area (Å²) in [6, 6.07) is 0. The fraction of sp³-hybridized carbons (Fsp3) is 0.538. The molecule has 2 saturated heterocycles. The lowest BCUT2D eigenvalue weighted by Crippen LogP contribution is -2.27. The number of likely N-dealkylation sites (N-methyl/N-ethyl adjacent to an activating group) is 1. The Hall–Kier alpha value is -0.460. The van der Waals surface area contributed by atoms with Gasteiger partial charge in [-0.05, 0) is 32.4 Å². The van der Waals surface area contributed by atoms with Crippen LogP contribution in [0.1, 0.15) is 20.8 Å². The maximum absolute atomic E-state index is 12.2. The molecule has 0 aromatic carbocycles. The Labute approximate surface area is 128 Å². The van der Waals surface area contributed by atoms with Crippen molar-refractivity contribution >= 4 is 46.0 Å². The molecule has 0 N–H and O–H groups in total. The molecule has 0 aromatic heterocycles. The smallest absolute Gasteiger partial charge is 0.266 e. The van der Waals surface area contributed by atoms with Gasteiger partial charge in [-0.25, -0.2) is 0 Å². The van der Waals surface area contributed by atoms with Crippen LogP contribution in [-0.4, -0.2) is 45.4 Å². The van der Waals surface area contributed by atoms with E-state index in [9.17, 15) is 4.79 Å². The fourth-order valence-corrected chi connectivity index (χ4v) is 4.63. The number of carbonyl (C=O) groups is 1. The Kier molecular flexibility index (Phi) is 4.97. The Morgan fingerprint density at radius 3 is 2.74 bits per heavy atom. The molecule has 2 rings (SSSR count). The SMILES string of the molecule is CCN1C(=O)/C(=C(C)/C=C2/SCCN2CC)SC1=S. The lowest BCUT2D eigenvalue weighted by molar-refractivity contribution is -0.122. The zero-order chi connectivity index (χ0) is 14.0. The molecule has 6 heteroatoms. The summed E-state index contributed by atoms with van der Waals surface area (Å²) in [6.45, 7) is 8.87. The summed E-state index contributed by atoms with van der Waals surface area (Å²) in [4.78, 5) is 17.0. The molecule has 0 atom stereocenters. The second kappa shape index (κ2) is 6.33. The third-order valence-corrected chi connectivity index (χ3v) is 5.79. The molecule has 0 spiro atoms. The summed E-state index contributed by atoms with van der Waals surface area (Å²) in [5.41, 5.74) is 1.02. The third kappa shape index (κ3) is 3.01. The normalized spacial score (nSPS) is 24.9. The number of thioether (sulfide) groups is 2. The molecule has 19 heavy (non-hydrogen) atoms. The molecule has 2 aliphatic rings. The van der Waals surface area contributed by atoms with E-state index in [0.717, 1.165) is 29.3 Å². The van der Waals surface area contributed by atoms with Crippen LogP contribution in [0.2, 0.25) is 0 Å². The molecule has 0 radical (unpaired) electrons. The second-order valence-corrected chi connectivity index (χ2v) is 7.10. The number of nitrogens with zero attached hydrogens (tertiary/aromatic N) is 2. The van der Waals surface area contributed by atoms with Crippen molar-refractivity contribution in [3.05, 3.63) is 21.6 Å². The molecule has 2 aliphatic heterocycles. The Morgan fingerprint density at radius 2 is 2.16 bits per heavy atom. The average Bonchev–Trinajstić information content (AvgIpc) is 2.94. The molecule has 2 fully saturated rings. The van der Waals surface area contributed by atoms with Gasteiger partial charge in [-0.1, -0.05) is 24.0 Å². The molecular formula is C13H18N2OS3. The van der Waals surface area contributed by atoms with E-state index in [1.165, 1.54) is 16.8 Å². The fourth-order valence-electron chi connectivity index (χ4n) is 2.07. The summed E-state index contributed by atoms with van der Waals surface area (Å²) < 4.78 is 0.673. The second-order valence-electron chi connectivity index (χ2n) is 4.34. The van der Waals surface area contributed by atoms with Crippen LogP contribution in [0.3, 0.4) is 0 Å². The van der Waals surface area contributed by atoms with Crippen molar-refractivity contribution in [3.63, 3.8) is 0 Å². The van der Waals surface area contributed by atoms with Gasteiger partial charge in [-0.3, -0.25) is 9.69 Å². The van der Waals surface area contributed by atoms with Crippen LogP contribution in [0.4, 0.5) is 0 Å². The van der Waals surface area contributed by atoms with E-state index in [-0.39, 0.29) is 5.91 Å². The minimum absolute atomic E-state index is 0.0536. The van der Waals surface area contributed by atoms with Crippen molar-refractivity contribution in [2.45, 2.75) is 20.8 Å². The summed E-state index contributed by atoms with van der Waals surface area (Å²) in [5.74, 6) is 1.18. The first kappa shape index (κ1) is 14.9. The summed E-state index contributed by atoms with van der Waals surface area (Å²) in [7, 11) is 0. The number of amides is 1. The highest BCUT2D eigenvalue weighted by Crippen LogP contribution is 2.35. The first-order valence-electron chi connectivity index (χ1n) is 6.42. The molecule has 104 valence electrons. The van der Waals surface area contributed by atoms with Crippen LogP contribution < -0.4 is 0 Å². The van der Waals surface area contributed by atoms with E-state index in [0.29, 0.717) is 10.9 Å². The number of hydrogen-bond donors (Lipinski definition) is 0. The van der Waals surface area contributed by atoms with E-state index in [1.807, 2.05) is 25.6 Å². The number of carbonyl (C=O) groups excluding carboxylic acids is 1. The van der Waals surface area contributed by atoms with Crippen molar-refractivity contribution in [2.75, 3.05) is 25.4 Å². The van der Waals surface area contributed by atoms with Crippen LogP contribution in [0.15, 0.2) is 21.6 Å². The van der Waals surface area contributed by atoms with Gasteiger partial charge in [0.2, 0.25) is 0 Å². The van der Waals surface area contributed by atoms with Crippen molar-refractivity contribution < 1.29 is 4.79 Å². The van der Waals surface area contributed by atoms with Crippen LogP contribution in [0.25, 0.3) is 0 Å². The van der Waals surface area contributed by atoms with E-state index >= 15 is 0 Å². The standard InChI is InChI=1S/C13H18N2OS3/c1-4-14-6-7-18-10(14)8-9(3)11-12(16)15(5-2)13(17)19-11/h8H,4-7H2,1-3H3/b10-8+,11-9-. The molecule has 1 amide bonds. The van der Waals surface area contributed by atoms with Crippen molar-refractivity contribution in [3.8, 4) is 0 Å². The van der Waals surface area contributed by atoms with Gasteiger partial charge in [-0.15, -0.1) is 11.8 Å². The number of thiocarbonyl (C=S) groups is 1. The van der Waals surface area contributed by atoms with Crippen LogP contribution in [0, 0.1) is 0 Å². The zero-order valence-electron chi connectivity index (χ0n) is 11.4. The molecule has 0 aromatic rings. The predicted molar refractivity (Wildman–Crippen MR) is 88.1 cm³/mol. The molecule has 0 aliphatic carbocycles. The van der Waals surface area contributed by atoms with Crippen LogP contribution in [-0.2, 0) is 4.79 Å². The zero-order valence-corrected chi connectivity index (χ0v) is 13.9. The van der Waals surface area contributed by atoms with E-state index in [4.69, 9.17) is 12.2 Å². The van der Waals surface area contributed by atoms with E-state index in [2.05, 4.69) is 17.9 Å². The molecule has 3 nitrogen and oxygen atoms in total. The maximum Gasteiger partial charge on any atom is 0.266 e. The number of rotatable bonds is 3. The minimum atomic E-state index is 0.0536. The van der Waals surface area contributed by atoms with E-state index < -0.39 is 0 Å². The van der Waals surface area contributed by atoms with Crippen molar-refractivity contribution in [1.82, 2.24) is 9.80 Å². The minimum Gasteiger partial charge on any atom is -0.366 e. The lowest BCUT2D eigenvalue weighted by Gasteiger charge is -2.16. The van der Waals surface area contributed by atoms with Gasteiger partial charge in [0.25, 0.3) is 5.91 Å². The lowest BCUT2D eigenvalue weighted by atomic mass is 10.2. The highest BCUT2D eigenvalue weighted by atomic mass is 32.2. The predicted octanol–water partition coefficient (Wildman–Crippen LogP) is 3.05. The first-order chi connectivity index (χ1) is 9.08. The Morgan fingerprint density at radius 1 is 1.42 bits per heavy atom. The topological polar surface area (TPSA) is 23.6 Å². The molecule has 0 bridgehead atoms. The Balaban J connectivity index is 2.26. The van der Waals surface area contributed by atoms with Gasteiger partial charge >= 0.3 is 0 Å². The Bertz CT molecular complexity index is 471. The summed E-state index contributed by atoms with van der Waals surface area (Å²) in [6.07, 6.45) is 2.13. The maximum atomic E-state index is 12.2. The number of allylic oxidation sites excluding steroid dienone is 2. The van der Waals surface area contributed by atoms with Gasteiger partial charge in [0.05, 0.1) is 9.93 Å². The van der Waals surface area contributed by atoms with E-state index in [1.54, 1.807) is 4.90 Å². The van der Waals surface area contributed by atoms with Crippen LogP contribution >= 0.6 is 35.7 Å². The molecule has 0 saturated carbocycles. The van der Waals surface area contributed by atoms with Crippen molar-refractivity contribution in [1.29, 1.82) is 0 Å². The third-order valence-electron chi connectivity index (χ3n) is 3.17. The van der Waals surface area contributed by atoms with Gasteiger partial charge in [0.1, 0.15) is 4.32 Å². The van der Waals surface area contributed by atoms with Crippen LogP contribution in [0.5, 0.6) is 0 Å². The highest BCUT2D eigenvalue weighted by Gasteiger charge is 2.32. The summed E-state index contributed by atoms with van der Waals surface area (Å²) in [5, 5.41) is 1.27. The monoisotopic (exact) mass is 314 g/mol. The quantitative estimate of drug-likeness (QED) is 0.588. The molecular weight excluding hydrogens is 296 g/mol. The largest absolute Gasteiger partial charge is 0.366 e. The van der Waals surface area contributed by atoms with Gasteiger partial charge in [0.15, 0.2) is 0 Å². The highest BCUT2D eigenvalue weighted by molar-refractivity contribution is 8.26. The number of hydrogen-bond acceptors (Lipinski definition) is 5. The van der Waals surface area contributed by atoms with Gasteiger partial charge < -0.3 is 4.90 Å². The van der Waals surface area contributed by atoms with Gasteiger partial charge in [0, 0.05) is 25.4 Å². The molecule has 0 unspecified atom stereocenters. The van der Waals surface area contributed by atoms with Crippen molar-refractivity contribution in [2.24, 2.45) is 0 Å². The average molecular weight is 315 g/mol. The molecule has 2 heterocycles. The summed E-state index contributed by atoms with van der Waals surface area (Å²) >= 11 is 8.52.